The smallest absolute Gasteiger partial charge is 0.233 e. The van der Waals surface area contributed by atoms with Crippen LogP contribution in [-0.4, -0.2) is 34.5 Å². The molecule has 104 valence electrons. The lowest BCUT2D eigenvalue weighted by atomic mass is 10.1. The first kappa shape index (κ1) is 14.9. The zero-order valence-corrected chi connectivity index (χ0v) is 13.5. The van der Waals surface area contributed by atoms with Gasteiger partial charge < -0.3 is 4.90 Å². The molecule has 19 heavy (non-hydrogen) atoms. The average Bonchev–Trinajstić information content (AvgIpc) is 2.71. The predicted molar refractivity (Wildman–Crippen MR) is 84.9 cm³/mol. The highest BCUT2D eigenvalue weighted by atomic mass is 79.9. The summed E-state index contributed by atoms with van der Waals surface area (Å²) in [6.07, 6.45) is 4.77. The first-order valence-electron chi connectivity index (χ1n) is 6.84. The second-order valence-corrected chi connectivity index (χ2v) is 6.54. The molecule has 1 aromatic carbocycles. The van der Waals surface area contributed by atoms with E-state index in [2.05, 4.69) is 33.0 Å². The van der Waals surface area contributed by atoms with Gasteiger partial charge in [-0.15, -0.1) is 11.8 Å². The molecule has 1 amide bonds. The normalized spacial score (nSPS) is 20.1. The van der Waals surface area contributed by atoms with Gasteiger partial charge in [0.05, 0.1) is 5.75 Å². The molecule has 0 radical (unpaired) electrons. The van der Waals surface area contributed by atoms with Crippen LogP contribution in [0.2, 0.25) is 0 Å². The number of carbonyl (C=O) groups is 1. The summed E-state index contributed by atoms with van der Waals surface area (Å²) in [6, 6.07) is 10.5. The Balaban J connectivity index is 1.90. The molecular weight excluding hydrogens is 322 g/mol. The van der Waals surface area contributed by atoms with Crippen LogP contribution in [0, 0.1) is 0 Å². The predicted octanol–water partition coefficient (Wildman–Crippen LogP) is 3.94. The SMILES string of the molecule is O=C(CSc1ccccc1)N1CCCCCC1CBr. The minimum atomic E-state index is 0.278. The number of hydrogen-bond acceptors (Lipinski definition) is 2. The van der Waals surface area contributed by atoms with Crippen LogP contribution < -0.4 is 0 Å². The fourth-order valence-corrected chi connectivity index (χ4v) is 3.89. The van der Waals surface area contributed by atoms with Crippen molar-refractivity contribution in [1.29, 1.82) is 0 Å². The van der Waals surface area contributed by atoms with Crippen molar-refractivity contribution in [3.63, 3.8) is 0 Å². The number of thioether (sulfide) groups is 1. The van der Waals surface area contributed by atoms with E-state index in [1.807, 2.05) is 18.2 Å². The number of alkyl halides is 1. The van der Waals surface area contributed by atoms with Gasteiger partial charge in [-0.3, -0.25) is 4.79 Å². The van der Waals surface area contributed by atoms with Crippen molar-refractivity contribution in [2.24, 2.45) is 0 Å². The maximum absolute atomic E-state index is 12.4. The number of amides is 1. The average molecular weight is 342 g/mol. The third kappa shape index (κ3) is 4.53. The van der Waals surface area contributed by atoms with Crippen molar-refractivity contribution >= 4 is 33.6 Å². The second-order valence-electron chi connectivity index (χ2n) is 4.85. The minimum absolute atomic E-state index is 0.278. The van der Waals surface area contributed by atoms with E-state index >= 15 is 0 Å². The van der Waals surface area contributed by atoms with Gasteiger partial charge in [-0.1, -0.05) is 47.0 Å². The highest BCUT2D eigenvalue weighted by molar-refractivity contribution is 9.09. The Morgan fingerprint density at radius 2 is 2.05 bits per heavy atom. The number of carbonyl (C=O) groups excluding carboxylic acids is 1. The Morgan fingerprint density at radius 3 is 2.79 bits per heavy atom. The fourth-order valence-electron chi connectivity index (χ4n) is 2.41. The maximum Gasteiger partial charge on any atom is 0.233 e. The van der Waals surface area contributed by atoms with Gasteiger partial charge in [-0.25, -0.2) is 0 Å². The summed E-state index contributed by atoms with van der Waals surface area (Å²) in [5, 5.41) is 0.898. The highest BCUT2D eigenvalue weighted by Crippen LogP contribution is 2.22. The molecule has 0 bridgehead atoms. The van der Waals surface area contributed by atoms with E-state index in [-0.39, 0.29) is 5.91 Å². The first-order chi connectivity index (χ1) is 9.31. The van der Waals surface area contributed by atoms with Crippen molar-refractivity contribution in [2.75, 3.05) is 17.6 Å². The van der Waals surface area contributed by atoms with E-state index in [1.165, 1.54) is 17.7 Å². The zero-order valence-electron chi connectivity index (χ0n) is 11.1. The molecule has 0 aliphatic carbocycles. The lowest BCUT2D eigenvalue weighted by Crippen LogP contribution is -2.42. The Kier molecular flexibility index (Phi) is 6.24. The summed E-state index contributed by atoms with van der Waals surface area (Å²) in [5.74, 6) is 0.827. The maximum atomic E-state index is 12.4. The van der Waals surface area contributed by atoms with Crippen LogP contribution in [-0.2, 0) is 4.79 Å². The summed E-state index contributed by atoms with van der Waals surface area (Å²) in [7, 11) is 0. The van der Waals surface area contributed by atoms with Crippen molar-refractivity contribution in [3.05, 3.63) is 30.3 Å². The molecule has 1 atom stereocenters. The molecule has 1 fully saturated rings. The summed E-state index contributed by atoms with van der Waals surface area (Å²) in [6.45, 7) is 0.921. The van der Waals surface area contributed by atoms with Gasteiger partial charge in [0.15, 0.2) is 0 Å². The van der Waals surface area contributed by atoms with Crippen LogP contribution in [0.25, 0.3) is 0 Å². The molecule has 1 aromatic rings. The van der Waals surface area contributed by atoms with E-state index in [0.29, 0.717) is 11.8 Å². The summed E-state index contributed by atoms with van der Waals surface area (Å²) < 4.78 is 0. The molecule has 1 aliphatic heterocycles. The second kappa shape index (κ2) is 7.95. The van der Waals surface area contributed by atoms with E-state index < -0.39 is 0 Å². The van der Waals surface area contributed by atoms with Crippen LogP contribution >= 0.6 is 27.7 Å². The molecule has 1 heterocycles. The zero-order chi connectivity index (χ0) is 13.5. The van der Waals surface area contributed by atoms with Gasteiger partial charge in [0.25, 0.3) is 0 Å². The molecule has 2 nitrogen and oxygen atoms in total. The Labute approximate surface area is 128 Å². The number of likely N-dealkylation sites (tertiary alicyclic amines) is 1. The van der Waals surface area contributed by atoms with E-state index in [4.69, 9.17) is 0 Å². The van der Waals surface area contributed by atoms with Gasteiger partial charge in [-0.05, 0) is 25.0 Å². The number of nitrogens with zero attached hydrogens (tertiary/aromatic N) is 1. The summed E-state index contributed by atoms with van der Waals surface area (Å²) in [4.78, 5) is 15.6. The van der Waals surface area contributed by atoms with Crippen LogP contribution in [0.3, 0.4) is 0 Å². The van der Waals surface area contributed by atoms with Crippen LogP contribution in [0.4, 0.5) is 0 Å². The third-order valence-corrected chi connectivity index (χ3v) is 5.23. The molecule has 0 spiro atoms. The van der Waals surface area contributed by atoms with Crippen molar-refractivity contribution in [3.8, 4) is 0 Å². The van der Waals surface area contributed by atoms with Gasteiger partial charge in [-0.2, -0.15) is 0 Å². The molecule has 0 saturated carbocycles. The topological polar surface area (TPSA) is 20.3 Å². The van der Waals surface area contributed by atoms with E-state index in [1.54, 1.807) is 11.8 Å². The number of rotatable bonds is 4. The molecule has 0 aromatic heterocycles. The molecule has 4 heteroatoms. The Morgan fingerprint density at radius 1 is 1.26 bits per heavy atom. The molecule has 1 unspecified atom stereocenters. The molecule has 1 aliphatic rings. The lowest BCUT2D eigenvalue weighted by molar-refractivity contribution is -0.130. The monoisotopic (exact) mass is 341 g/mol. The molecule has 0 N–H and O–H groups in total. The fraction of sp³-hybridized carbons (Fsp3) is 0.533. The Hall–Kier alpha value is -0.480. The first-order valence-corrected chi connectivity index (χ1v) is 8.95. The van der Waals surface area contributed by atoms with Crippen LogP contribution in [0.15, 0.2) is 35.2 Å². The van der Waals surface area contributed by atoms with Gasteiger partial charge in [0.2, 0.25) is 5.91 Å². The van der Waals surface area contributed by atoms with Crippen LogP contribution in [0.1, 0.15) is 25.7 Å². The molecule has 2 rings (SSSR count). The Bertz CT molecular complexity index is 398. The minimum Gasteiger partial charge on any atom is -0.338 e. The standard InChI is InChI=1S/C15H20BrNOS/c16-11-13-7-3-2-6-10-17(13)15(18)12-19-14-8-4-1-5-9-14/h1,4-5,8-9,13H,2-3,6-7,10-12H2. The van der Waals surface area contributed by atoms with Crippen LogP contribution in [0.5, 0.6) is 0 Å². The summed E-state index contributed by atoms with van der Waals surface area (Å²) >= 11 is 5.18. The van der Waals surface area contributed by atoms with E-state index in [9.17, 15) is 4.79 Å². The number of hydrogen-bond donors (Lipinski definition) is 0. The quantitative estimate of drug-likeness (QED) is 0.610. The highest BCUT2D eigenvalue weighted by Gasteiger charge is 2.24. The van der Waals surface area contributed by atoms with Crippen molar-refractivity contribution in [2.45, 2.75) is 36.6 Å². The van der Waals surface area contributed by atoms with Gasteiger partial charge >= 0.3 is 0 Å². The van der Waals surface area contributed by atoms with E-state index in [0.717, 1.165) is 24.7 Å². The molecule has 1 saturated heterocycles. The van der Waals surface area contributed by atoms with Crippen molar-refractivity contribution in [1.82, 2.24) is 4.90 Å². The number of benzene rings is 1. The largest absolute Gasteiger partial charge is 0.338 e. The lowest BCUT2D eigenvalue weighted by Gasteiger charge is -2.28. The summed E-state index contributed by atoms with van der Waals surface area (Å²) in [5.41, 5.74) is 0. The van der Waals surface area contributed by atoms with Crippen molar-refractivity contribution < 1.29 is 4.79 Å². The van der Waals surface area contributed by atoms with Gasteiger partial charge in [0.1, 0.15) is 0 Å². The molecular formula is C15H20BrNOS. The number of halogens is 1. The van der Waals surface area contributed by atoms with Gasteiger partial charge in [0, 0.05) is 22.8 Å². The third-order valence-electron chi connectivity index (χ3n) is 3.48.